The van der Waals surface area contributed by atoms with E-state index in [0.717, 1.165) is 29.7 Å². The normalized spacial score (nSPS) is 38.2. The van der Waals surface area contributed by atoms with Crippen LogP contribution in [-0.2, 0) is 6.54 Å². The van der Waals surface area contributed by atoms with Gasteiger partial charge in [-0.1, -0.05) is 12.1 Å². The smallest absolute Gasteiger partial charge is 0.0375 e. The highest BCUT2D eigenvalue weighted by molar-refractivity contribution is 5.55. The quantitative estimate of drug-likeness (QED) is 0.879. The third-order valence-corrected chi connectivity index (χ3v) is 6.21. The summed E-state index contributed by atoms with van der Waals surface area (Å²) in [7, 11) is 0. The molecule has 0 heterocycles. The molecule has 1 aromatic carbocycles. The highest BCUT2D eigenvalue weighted by Crippen LogP contribution is 2.54. The Hall–Kier alpha value is -1.02. The predicted octanol–water partition coefficient (Wildman–Crippen LogP) is 3.69. The van der Waals surface area contributed by atoms with E-state index in [1.165, 1.54) is 48.9 Å². The molecule has 0 atom stereocenters. The van der Waals surface area contributed by atoms with Crippen LogP contribution in [-0.4, -0.2) is 6.04 Å². The Bertz CT molecular complexity index is 480. The molecule has 108 valence electrons. The van der Waals surface area contributed by atoms with Crippen molar-refractivity contribution < 1.29 is 0 Å². The van der Waals surface area contributed by atoms with Gasteiger partial charge in [-0.25, -0.2) is 0 Å². The second-order valence-corrected chi connectivity index (χ2v) is 7.39. The third-order valence-electron chi connectivity index (χ3n) is 6.21. The molecule has 20 heavy (non-hydrogen) atoms. The van der Waals surface area contributed by atoms with Gasteiger partial charge in [0, 0.05) is 18.3 Å². The van der Waals surface area contributed by atoms with E-state index in [0.29, 0.717) is 6.54 Å². The number of hydrogen-bond acceptors (Lipinski definition) is 2. The second kappa shape index (κ2) is 4.77. The van der Waals surface area contributed by atoms with E-state index < -0.39 is 0 Å². The number of hydrogen-bond donors (Lipinski definition) is 2. The summed E-state index contributed by atoms with van der Waals surface area (Å²) in [6.45, 7) is 2.85. The molecule has 3 N–H and O–H groups in total. The molecule has 4 fully saturated rings. The van der Waals surface area contributed by atoms with Crippen LogP contribution in [0.1, 0.15) is 43.2 Å². The van der Waals surface area contributed by atoms with Crippen molar-refractivity contribution in [1.29, 1.82) is 0 Å². The monoisotopic (exact) mass is 270 g/mol. The standard InChI is InChI=1S/C18H26N2/c1-11-14(10-19)3-2-4-17(11)20-18-15-6-12-5-13(8-15)9-16(18)7-12/h2-4,12-13,15-16,18,20H,5-10,19H2,1H3. The maximum absolute atomic E-state index is 5.84. The van der Waals surface area contributed by atoms with E-state index in [-0.39, 0.29) is 0 Å². The molecule has 4 aliphatic carbocycles. The van der Waals surface area contributed by atoms with Gasteiger partial charge in [-0.3, -0.25) is 0 Å². The van der Waals surface area contributed by atoms with Gasteiger partial charge in [0.1, 0.15) is 0 Å². The summed E-state index contributed by atoms with van der Waals surface area (Å²) < 4.78 is 0. The largest absolute Gasteiger partial charge is 0.382 e. The molecular weight excluding hydrogens is 244 g/mol. The van der Waals surface area contributed by atoms with Crippen LogP contribution >= 0.6 is 0 Å². The van der Waals surface area contributed by atoms with Crippen LogP contribution in [0.4, 0.5) is 5.69 Å². The van der Waals surface area contributed by atoms with E-state index in [9.17, 15) is 0 Å². The van der Waals surface area contributed by atoms with E-state index in [4.69, 9.17) is 5.73 Å². The molecule has 0 spiro atoms. The molecular formula is C18H26N2. The minimum Gasteiger partial charge on any atom is -0.382 e. The van der Waals surface area contributed by atoms with Gasteiger partial charge in [0.2, 0.25) is 0 Å². The van der Waals surface area contributed by atoms with Gasteiger partial charge in [0.15, 0.2) is 0 Å². The van der Waals surface area contributed by atoms with Gasteiger partial charge >= 0.3 is 0 Å². The van der Waals surface area contributed by atoms with Crippen molar-refractivity contribution >= 4 is 5.69 Å². The number of nitrogens with one attached hydrogen (secondary N) is 1. The lowest BCUT2D eigenvalue weighted by Crippen LogP contribution is -2.51. The average molecular weight is 270 g/mol. The van der Waals surface area contributed by atoms with Gasteiger partial charge in [-0.15, -0.1) is 0 Å². The molecule has 5 rings (SSSR count). The Labute approximate surface area is 122 Å². The van der Waals surface area contributed by atoms with E-state index in [1.54, 1.807) is 0 Å². The molecule has 0 saturated heterocycles. The number of rotatable bonds is 3. The predicted molar refractivity (Wildman–Crippen MR) is 83.5 cm³/mol. The molecule has 4 bridgehead atoms. The first-order chi connectivity index (χ1) is 9.74. The molecule has 0 aromatic heterocycles. The molecule has 4 aliphatic rings. The molecule has 2 nitrogen and oxygen atoms in total. The first-order valence-electron chi connectivity index (χ1n) is 8.29. The van der Waals surface area contributed by atoms with Crippen LogP contribution in [0.3, 0.4) is 0 Å². The Morgan fingerprint density at radius 1 is 1.05 bits per heavy atom. The molecule has 0 unspecified atom stereocenters. The van der Waals surface area contributed by atoms with Gasteiger partial charge in [-0.2, -0.15) is 0 Å². The number of nitrogens with two attached hydrogens (primary N) is 1. The molecule has 0 amide bonds. The minimum absolute atomic E-state index is 0.642. The van der Waals surface area contributed by atoms with Crippen molar-refractivity contribution in [1.82, 2.24) is 0 Å². The first kappa shape index (κ1) is 12.7. The summed E-state index contributed by atoms with van der Waals surface area (Å²) in [6.07, 6.45) is 7.42. The fourth-order valence-electron chi connectivity index (χ4n) is 5.40. The summed E-state index contributed by atoms with van der Waals surface area (Å²) in [5.41, 5.74) is 9.79. The third kappa shape index (κ3) is 1.96. The zero-order valence-electron chi connectivity index (χ0n) is 12.4. The summed E-state index contributed by atoms with van der Waals surface area (Å²) >= 11 is 0. The lowest BCUT2D eigenvalue weighted by molar-refractivity contribution is 0.00752. The summed E-state index contributed by atoms with van der Waals surface area (Å²) in [4.78, 5) is 0. The van der Waals surface area contributed by atoms with Crippen molar-refractivity contribution in [3.63, 3.8) is 0 Å². The second-order valence-electron chi connectivity index (χ2n) is 7.39. The van der Waals surface area contributed by atoms with Crippen LogP contribution in [0.25, 0.3) is 0 Å². The Kier molecular flexibility index (Phi) is 3.03. The lowest BCUT2D eigenvalue weighted by Gasteiger charge is -2.54. The van der Waals surface area contributed by atoms with Crippen molar-refractivity contribution in [3.8, 4) is 0 Å². The Morgan fingerprint density at radius 2 is 1.70 bits per heavy atom. The van der Waals surface area contributed by atoms with Gasteiger partial charge in [0.05, 0.1) is 0 Å². The fraction of sp³-hybridized carbons (Fsp3) is 0.667. The van der Waals surface area contributed by atoms with Crippen LogP contribution in [0.2, 0.25) is 0 Å². The highest BCUT2D eigenvalue weighted by atomic mass is 15.0. The maximum Gasteiger partial charge on any atom is 0.0375 e. The lowest BCUT2D eigenvalue weighted by atomic mass is 9.54. The van der Waals surface area contributed by atoms with Crippen LogP contribution in [0, 0.1) is 30.6 Å². The summed E-state index contributed by atoms with van der Waals surface area (Å²) in [5, 5.41) is 3.91. The minimum atomic E-state index is 0.642. The summed E-state index contributed by atoms with van der Waals surface area (Å²) in [6, 6.07) is 7.25. The van der Waals surface area contributed by atoms with Crippen LogP contribution in [0.5, 0.6) is 0 Å². The first-order valence-corrected chi connectivity index (χ1v) is 8.29. The SMILES string of the molecule is Cc1c(CN)cccc1NC1C2CC3CC(C2)CC1C3. The zero-order chi connectivity index (χ0) is 13.7. The fourth-order valence-corrected chi connectivity index (χ4v) is 5.40. The van der Waals surface area contributed by atoms with E-state index in [2.05, 4.69) is 30.4 Å². The number of benzene rings is 1. The number of anilines is 1. The van der Waals surface area contributed by atoms with Gasteiger partial charge in [0.25, 0.3) is 0 Å². The van der Waals surface area contributed by atoms with Crippen molar-refractivity contribution in [2.45, 2.75) is 51.6 Å². The Balaban J connectivity index is 1.57. The molecule has 0 radical (unpaired) electrons. The highest BCUT2D eigenvalue weighted by Gasteiger charge is 2.48. The molecule has 1 aromatic rings. The van der Waals surface area contributed by atoms with Crippen molar-refractivity contribution in [2.24, 2.45) is 29.4 Å². The van der Waals surface area contributed by atoms with Crippen molar-refractivity contribution in [3.05, 3.63) is 29.3 Å². The average Bonchev–Trinajstić information content (AvgIpc) is 2.43. The van der Waals surface area contributed by atoms with Crippen LogP contribution in [0.15, 0.2) is 18.2 Å². The topological polar surface area (TPSA) is 38.0 Å². The van der Waals surface area contributed by atoms with Gasteiger partial charge < -0.3 is 11.1 Å². The van der Waals surface area contributed by atoms with Crippen LogP contribution < -0.4 is 11.1 Å². The molecule has 2 heteroatoms. The van der Waals surface area contributed by atoms with E-state index >= 15 is 0 Å². The van der Waals surface area contributed by atoms with Gasteiger partial charge in [-0.05, 0) is 79.9 Å². The van der Waals surface area contributed by atoms with E-state index in [1.807, 2.05) is 0 Å². The maximum atomic E-state index is 5.84. The van der Waals surface area contributed by atoms with Crippen molar-refractivity contribution in [2.75, 3.05) is 5.32 Å². The summed E-state index contributed by atoms with van der Waals surface area (Å²) in [5.74, 6) is 3.94. The molecule has 0 aliphatic heterocycles. The Morgan fingerprint density at radius 3 is 2.30 bits per heavy atom. The molecule has 4 saturated carbocycles. The zero-order valence-corrected chi connectivity index (χ0v) is 12.4.